The average molecular weight is 247 g/mol. The summed E-state index contributed by atoms with van der Waals surface area (Å²) in [6, 6.07) is 0. The Bertz CT molecular complexity index is 291. The largest absolute Gasteiger partial charge is 0.480 e. The molecule has 0 heterocycles. The van der Waals surface area contributed by atoms with E-state index in [1.54, 1.807) is 0 Å². The zero-order valence-electron chi connectivity index (χ0n) is 10.1. The second-order valence-electron chi connectivity index (χ2n) is 3.36. The molecule has 1 N–H and O–H groups in total. The van der Waals surface area contributed by atoms with Crippen LogP contribution in [0.1, 0.15) is 33.6 Å². The van der Waals surface area contributed by atoms with Crippen molar-refractivity contribution < 1.29 is 29.1 Å². The van der Waals surface area contributed by atoms with Crippen molar-refractivity contribution in [3.05, 3.63) is 0 Å². The number of esters is 1. The quantitative estimate of drug-likeness (QED) is 0.401. The van der Waals surface area contributed by atoms with Gasteiger partial charge in [0, 0.05) is 20.3 Å². The third kappa shape index (κ3) is 7.29. The zero-order valence-corrected chi connectivity index (χ0v) is 10.1. The fraction of sp³-hybridized carbons (Fsp3) is 0.700. The van der Waals surface area contributed by atoms with Crippen LogP contribution < -0.4 is 0 Å². The number of rotatable bonds is 7. The fourth-order valence-corrected chi connectivity index (χ4v) is 0.995. The first kappa shape index (κ1) is 15.4. The van der Waals surface area contributed by atoms with Gasteiger partial charge in [0.05, 0.1) is 0 Å². The molecular formula is C10H17NO6. The van der Waals surface area contributed by atoms with Crippen molar-refractivity contribution in [2.45, 2.75) is 39.9 Å². The lowest BCUT2D eigenvalue weighted by Gasteiger charge is -2.22. The van der Waals surface area contributed by atoms with E-state index >= 15 is 0 Å². The number of carbonyl (C=O) groups is 3. The van der Waals surface area contributed by atoms with Gasteiger partial charge >= 0.3 is 11.9 Å². The predicted octanol–water partition coefficient (Wildman–Crippen LogP) is 0.540. The van der Waals surface area contributed by atoms with E-state index in [-0.39, 0.29) is 6.42 Å². The molecule has 0 aliphatic rings. The minimum Gasteiger partial charge on any atom is -0.480 e. The number of carbonyl (C=O) groups excluding carboxylic acids is 2. The number of aliphatic carboxylic acids is 1. The lowest BCUT2D eigenvalue weighted by Crippen LogP contribution is -2.38. The van der Waals surface area contributed by atoms with E-state index in [0.29, 0.717) is 11.5 Å². The predicted molar refractivity (Wildman–Crippen MR) is 56.6 cm³/mol. The van der Waals surface area contributed by atoms with Gasteiger partial charge in [-0.15, -0.1) is 0 Å². The number of ether oxygens (including phenoxy) is 1. The average Bonchev–Trinajstić information content (AvgIpc) is 2.15. The van der Waals surface area contributed by atoms with E-state index < -0.39 is 30.7 Å². The third-order valence-electron chi connectivity index (χ3n) is 1.66. The Labute approximate surface area is 99.2 Å². The Morgan fingerprint density at radius 1 is 1.35 bits per heavy atom. The van der Waals surface area contributed by atoms with Crippen molar-refractivity contribution >= 4 is 17.8 Å². The summed E-state index contributed by atoms with van der Waals surface area (Å²) in [7, 11) is 0. The molecule has 98 valence electrons. The molecule has 0 aromatic rings. The number of nitrogens with zero attached hydrogens (tertiary/aromatic N) is 1. The lowest BCUT2D eigenvalue weighted by atomic mass is 10.3. The smallest absolute Gasteiger partial charge is 0.325 e. The van der Waals surface area contributed by atoms with Gasteiger partial charge in [0.2, 0.25) is 12.2 Å². The van der Waals surface area contributed by atoms with Gasteiger partial charge in [0.1, 0.15) is 6.54 Å². The first-order valence-electron chi connectivity index (χ1n) is 5.23. The maximum absolute atomic E-state index is 11.1. The Balaban J connectivity index is 4.21. The van der Waals surface area contributed by atoms with Gasteiger partial charge < -0.3 is 9.84 Å². The van der Waals surface area contributed by atoms with Crippen molar-refractivity contribution in [1.29, 1.82) is 0 Å². The van der Waals surface area contributed by atoms with Crippen molar-refractivity contribution in [1.82, 2.24) is 5.06 Å². The molecule has 17 heavy (non-hydrogen) atoms. The number of carboxylic acid groups (broad SMARTS) is 1. The highest BCUT2D eigenvalue weighted by molar-refractivity contribution is 5.78. The van der Waals surface area contributed by atoms with Gasteiger partial charge in [-0.25, -0.2) is 9.90 Å². The zero-order chi connectivity index (χ0) is 13.4. The maximum atomic E-state index is 11.1. The van der Waals surface area contributed by atoms with E-state index in [1.165, 1.54) is 6.92 Å². The third-order valence-corrected chi connectivity index (χ3v) is 1.66. The standard InChI is InChI=1S/C10H17NO6/c1-4-5-10(15)16-8(3)17-11(7(2)12)6-9(13)14/h8H,4-6H2,1-3H3,(H,13,14). The summed E-state index contributed by atoms with van der Waals surface area (Å²) in [5, 5.41) is 9.16. The van der Waals surface area contributed by atoms with Gasteiger partial charge in [0.25, 0.3) is 0 Å². The van der Waals surface area contributed by atoms with Crippen molar-refractivity contribution in [2.24, 2.45) is 0 Å². The molecule has 1 atom stereocenters. The van der Waals surface area contributed by atoms with E-state index in [1.807, 2.05) is 6.92 Å². The van der Waals surface area contributed by atoms with Crippen LogP contribution in [0, 0.1) is 0 Å². The van der Waals surface area contributed by atoms with Gasteiger partial charge in [-0.1, -0.05) is 6.92 Å². The summed E-state index contributed by atoms with van der Waals surface area (Å²) in [6.07, 6.45) is -0.124. The molecule has 0 fully saturated rings. The van der Waals surface area contributed by atoms with Gasteiger partial charge in [-0.05, 0) is 6.42 Å². The van der Waals surface area contributed by atoms with Crippen LogP contribution in [0.2, 0.25) is 0 Å². The van der Waals surface area contributed by atoms with Crippen LogP contribution in [-0.2, 0) is 24.0 Å². The Kier molecular flexibility index (Phi) is 6.88. The maximum Gasteiger partial charge on any atom is 0.325 e. The second kappa shape index (κ2) is 7.61. The molecule has 0 saturated heterocycles. The number of amides is 1. The van der Waals surface area contributed by atoms with E-state index in [4.69, 9.17) is 14.7 Å². The normalized spacial score (nSPS) is 11.7. The van der Waals surface area contributed by atoms with Crippen molar-refractivity contribution in [3.8, 4) is 0 Å². The molecule has 0 aliphatic heterocycles. The van der Waals surface area contributed by atoms with E-state index in [2.05, 4.69) is 0 Å². The summed E-state index contributed by atoms with van der Waals surface area (Å²) in [5.41, 5.74) is 0. The lowest BCUT2D eigenvalue weighted by molar-refractivity contribution is -0.257. The molecule has 7 nitrogen and oxygen atoms in total. The van der Waals surface area contributed by atoms with Crippen LogP contribution in [0.15, 0.2) is 0 Å². The number of hydroxylamine groups is 2. The van der Waals surface area contributed by atoms with Gasteiger partial charge in [-0.2, -0.15) is 0 Å². The Hall–Kier alpha value is -1.63. The highest BCUT2D eigenvalue weighted by atomic mass is 16.8. The molecule has 0 saturated carbocycles. The molecule has 1 amide bonds. The first-order valence-corrected chi connectivity index (χ1v) is 5.23. The molecule has 0 radical (unpaired) electrons. The fourth-order valence-electron chi connectivity index (χ4n) is 0.995. The summed E-state index contributed by atoms with van der Waals surface area (Å²) >= 11 is 0. The highest BCUT2D eigenvalue weighted by Crippen LogP contribution is 2.03. The number of carboxylic acids is 1. The summed E-state index contributed by atoms with van der Waals surface area (Å²) < 4.78 is 4.81. The van der Waals surface area contributed by atoms with Crippen LogP contribution in [0.3, 0.4) is 0 Å². The number of hydrogen-bond donors (Lipinski definition) is 1. The minimum atomic E-state index is -1.22. The molecule has 0 bridgehead atoms. The van der Waals surface area contributed by atoms with Gasteiger partial charge in [-0.3, -0.25) is 14.4 Å². The summed E-state index contributed by atoms with van der Waals surface area (Å²) in [5.74, 6) is -2.25. The molecular weight excluding hydrogens is 230 g/mol. The minimum absolute atomic E-state index is 0.243. The first-order chi connectivity index (χ1) is 7.86. The number of hydrogen-bond acceptors (Lipinski definition) is 5. The monoisotopic (exact) mass is 247 g/mol. The molecule has 7 heteroatoms. The molecule has 0 aliphatic carbocycles. The topological polar surface area (TPSA) is 93.1 Å². The Morgan fingerprint density at radius 3 is 2.35 bits per heavy atom. The van der Waals surface area contributed by atoms with Crippen molar-refractivity contribution in [3.63, 3.8) is 0 Å². The van der Waals surface area contributed by atoms with Crippen LogP contribution in [0.25, 0.3) is 0 Å². The molecule has 0 aromatic heterocycles. The van der Waals surface area contributed by atoms with Crippen molar-refractivity contribution in [2.75, 3.05) is 6.54 Å². The van der Waals surface area contributed by atoms with Crippen LogP contribution in [-0.4, -0.2) is 40.9 Å². The second-order valence-corrected chi connectivity index (χ2v) is 3.36. The SMILES string of the molecule is CCCC(=O)OC(C)ON(CC(=O)O)C(C)=O. The van der Waals surface area contributed by atoms with Crippen LogP contribution >= 0.6 is 0 Å². The molecule has 0 spiro atoms. The van der Waals surface area contributed by atoms with Crippen LogP contribution in [0.5, 0.6) is 0 Å². The summed E-state index contributed by atoms with van der Waals surface area (Å²) in [6.45, 7) is 3.78. The van der Waals surface area contributed by atoms with Gasteiger partial charge in [0.15, 0.2) is 0 Å². The highest BCUT2D eigenvalue weighted by Gasteiger charge is 2.19. The summed E-state index contributed by atoms with van der Waals surface area (Å²) in [4.78, 5) is 37.5. The van der Waals surface area contributed by atoms with E-state index in [0.717, 1.165) is 6.92 Å². The molecule has 1 unspecified atom stereocenters. The Morgan fingerprint density at radius 2 is 1.94 bits per heavy atom. The molecule has 0 rings (SSSR count). The molecule has 0 aromatic carbocycles. The van der Waals surface area contributed by atoms with Crippen LogP contribution in [0.4, 0.5) is 0 Å². The van der Waals surface area contributed by atoms with E-state index in [9.17, 15) is 14.4 Å².